The Balaban J connectivity index is 2.88. The molecule has 0 bridgehead atoms. The topological polar surface area (TPSA) is 79.5 Å². The summed E-state index contributed by atoms with van der Waals surface area (Å²) < 4.78 is 0. The first-order valence-electron chi connectivity index (χ1n) is 5.07. The van der Waals surface area contributed by atoms with E-state index in [0.29, 0.717) is 11.3 Å². The lowest BCUT2D eigenvalue weighted by atomic mass is 10.2. The molecule has 1 rings (SSSR count). The fourth-order valence-corrected chi connectivity index (χ4v) is 1.44. The van der Waals surface area contributed by atoms with Crippen LogP contribution in [0.5, 0.6) is 0 Å². The molecule has 1 atom stereocenters. The molecule has 1 aromatic heterocycles. The largest absolute Gasteiger partial charge is 0.398 e. The minimum Gasteiger partial charge on any atom is -0.398 e. The number of aliphatic hydroxyl groups is 1. The molecule has 0 aromatic carbocycles. The highest BCUT2D eigenvalue weighted by molar-refractivity contribution is 5.98. The van der Waals surface area contributed by atoms with Crippen LogP contribution in [0.1, 0.15) is 23.0 Å². The van der Waals surface area contributed by atoms with Crippen LogP contribution < -0.4 is 5.73 Å². The minimum atomic E-state index is -0.561. The summed E-state index contributed by atoms with van der Waals surface area (Å²) in [5, 5.41) is 9.19. The van der Waals surface area contributed by atoms with Crippen molar-refractivity contribution in [1.82, 2.24) is 9.88 Å². The van der Waals surface area contributed by atoms with Gasteiger partial charge in [-0.25, -0.2) is 0 Å². The van der Waals surface area contributed by atoms with E-state index >= 15 is 0 Å². The van der Waals surface area contributed by atoms with Gasteiger partial charge in [-0.3, -0.25) is 9.78 Å². The molecule has 1 heterocycles. The molecule has 0 saturated heterocycles. The summed E-state index contributed by atoms with van der Waals surface area (Å²) in [5.74, 6) is -0.231. The van der Waals surface area contributed by atoms with Crippen LogP contribution in [0.3, 0.4) is 0 Å². The lowest BCUT2D eigenvalue weighted by Gasteiger charge is -2.19. The van der Waals surface area contributed by atoms with E-state index in [0.717, 1.165) is 5.69 Å². The van der Waals surface area contributed by atoms with Gasteiger partial charge in [0, 0.05) is 31.2 Å². The molecule has 0 fully saturated rings. The van der Waals surface area contributed by atoms with Gasteiger partial charge in [0.15, 0.2) is 0 Å². The van der Waals surface area contributed by atoms with E-state index in [-0.39, 0.29) is 12.5 Å². The summed E-state index contributed by atoms with van der Waals surface area (Å²) in [6.45, 7) is 3.71. The van der Waals surface area contributed by atoms with Gasteiger partial charge >= 0.3 is 0 Å². The van der Waals surface area contributed by atoms with Crippen LogP contribution in [0.2, 0.25) is 0 Å². The predicted molar refractivity (Wildman–Crippen MR) is 62.0 cm³/mol. The molecule has 0 saturated carbocycles. The Morgan fingerprint density at radius 2 is 2.31 bits per heavy atom. The molecule has 16 heavy (non-hydrogen) atoms. The molecule has 1 unspecified atom stereocenters. The van der Waals surface area contributed by atoms with Crippen molar-refractivity contribution in [2.75, 3.05) is 19.3 Å². The first kappa shape index (κ1) is 12.4. The highest BCUT2D eigenvalue weighted by Crippen LogP contribution is 2.13. The minimum absolute atomic E-state index is 0.231. The number of anilines is 1. The second kappa shape index (κ2) is 4.94. The third kappa shape index (κ3) is 2.93. The summed E-state index contributed by atoms with van der Waals surface area (Å²) in [6, 6.07) is 1.66. The number of amides is 1. The number of pyridine rings is 1. The van der Waals surface area contributed by atoms with Crippen molar-refractivity contribution in [3.05, 3.63) is 23.5 Å². The number of carbonyl (C=O) groups is 1. The zero-order valence-electron chi connectivity index (χ0n) is 9.77. The molecule has 0 aliphatic rings. The Hall–Kier alpha value is -1.62. The predicted octanol–water partition coefficient (Wildman–Crippen LogP) is 0.425. The quantitative estimate of drug-likeness (QED) is 0.778. The molecule has 0 radical (unpaired) electrons. The van der Waals surface area contributed by atoms with Gasteiger partial charge < -0.3 is 15.7 Å². The van der Waals surface area contributed by atoms with Gasteiger partial charge in [-0.05, 0) is 19.9 Å². The van der Waals surface area contributed by atoms with Crippen molar-refractivity contribution in [2.24, 2.45) is 0 Å². The number of nitrogens with two attached hydrogens (primary N) is 1. The second-order valence-electron chi connectivity index (χ2n) is 3.95. The van der Waals surface area contributed by atoms with Gasteiger partial charge in [-0.1, -0.05) is 0 Å². The smallest absolute Gasteiger partial charge is 0.257 e. The molecule has 88 valence electrons. The van der Waals surface area contributed by atoms with E-state index in [1.54, 1.807) is 20.0 Å². The maximum Gasteiger partial charge on any atom is 0.257 e. The lowest BCUT2D eigenvalue weighted by molar-refractivity contribution is 0.0704. The van der Waals surface area contributed by atoms with Gasteiger partial charge in [0.25, 0.3) is 5.91 Å². The van der Waals surface area contributed by atoms with Crippen LogP contribution in [-0.2, 0) is 0 Å². The van der Waals surface area contributed by atoms with Gasteiger partial charge in [0.05, 0.1) is 11.7 Å². The van der Waals surface area contributed by atoms with Gasteiger partial charge in [-0.15, -0.1) is 0 Å². The summed E-state index contributed by atoms with van der Waals surface area (Å²) in [4.78, 5) is 17.4. The number of aromatic nitrogens is 1. The standard InChI is InChI=1S/C11H17N3O2/c1-7-4-10(12)9(5-13-7)11(16)14(3)6-8(2)15/h4-5,8,15H,6H2,1-3H3,(H2,12,13). The Kier molecular flexibility index (Phi) is 3.84. The number of carbonyl (C=O) groups excluding carboxylic acids is 1. The number of likely N-dealkylation sites (N-methyl/N-ethyl adjacent to an activating group) is 1. The molecule has 5 heteroatoms. The summed E-state index contributed by atoms with van der Waals surface area (Å²) in [6.07, 6.45) is 0.902. The van der Waals surface area contributed by atoms with Crippen molar-refractivity contribution in [3.8, 4) is 0 Å². The highest BCUT2D eigenvalue weighted by atomic mass is 16.3. The number of aliphatic hydroxyl groups excluding tert-OH is 1. The number of nitrogen functional groups attached to an aromatic ring is 1. The number of hydrogen-bond donors (Lipinski definition) is 2. The lowest BCUT2D eigenvalue weighted by Crippen LogP contribution is -2.33. The number of hydrogen-bond acceptors (Lipinski definition) is 4. The van der Waals surface area contributed by atoms with E-state index in [1.807, 2.05) is 6.92 Å². The van der Waals surface area contributed by atoms with E-state index in [4.69, 9.17) is 5.73 Å². The highest BCUT2D eigenvalue weighted by Gasteiger charge is 2.16. The normalized spacial score (nSPS) is 12.2. The Bertz CT molecular complexity index is 391. The molecule has 1 aromatic rings. The monoisotopic (exact) mass is 223 g/mol. The Labute approximate surface area is 94.9 Å². The maximum atomic E-state index is 11.9. The molecule has 5 nitrogen and oxygen atoms in total. The van der Waals surface area contributed by atoms with Crippen LogP contribution in [0, 0.1) is 6.92 Å². The van der Waals surface area contributed by atoms with E-state index in [1.165, 1.54) is 11.1 Å². The first-order chi connectivity index (χ1) is 7.41. The Morgan fingerprint density at radius 1 is 1.69 bits per heavy atom. The fourth-order valence-electron chi connectivity index (χ4n) is 1.44. The summed E-state index contributed by atoms with van der Waals surface area (Å²) in [5.41, 5.74) is 7.29. The molecule has 3 N–H and O–H groups in total. The Morgan fingerprint density at radius 3 is 2.81 bits per heavy atom. The third-order valence-corrected chi connectivity index (χ3v) is 2.19. The van der Waals surface area contributed by atoms with E-state index in [9.17, 15) is 9.90 Å². The van der Waals surface area contributed by atoms with Gasteiger partial charge in [0.1, 0.15) is 0 Å². The molecule has 0 aliphatic heterocycles. The maximum absolute atomic E-state index is 11.9. The van der Waals surface area contributed by atoms with Crippen LogP contribution in [0.15, 0.2) is 12.3 Å². The van der Waals surface area contributed by atoms with Crippen LogP contribution in [0.4, 0.5) is 5.69 Å². The van der Waals surface area contributed by atoms with Crippen LogP contribution in [0.25, 0.3) is 0 Å². The molecular weight excluding hydrogens is 206 g/mol. The van der Waals surface area contributed by atoms with Crippen molar-refractivity contribution in [2.45, 2.75) is 20.0 Å². The molecule has 1 amide bonds. The number of nitrogens with zero attached hydrogens (tertiary/aromatic N) is 2. The number of aryl methyl sites for hydroxylation is 1. The summed E-state index contributed by atoms with van der Waals surface area (Å²) >= 11 is 0. The SMILES string of the molecule is Cc1cc(N)c(C(=O)N(C)CC(C)O)cn1. The average Bonchev–Trinajstić information content (AvgIpc) is 2.15. The molecule has 0 aliphatic carbocycles. The van der Waals surface area contributed by atoms with Gasteiger partial charge in [0.2, 0.25) is 0 Å². The summed E-state index contributed by atoms with van der Waals surface area (Å²) in [7, 11) is 1.62. The average molecular weight is 223 g/mol. The zero-order valence-corrected chi connectivity index (χ0v) is 9.77. The van der Waals surface area contributed by atoms with Gasteiger partial charge in [-0.2, -0.15) is 0 Å². The molecular formula is C11H17N3O2. The van der Waals surface area contributed by atoms with E-state index < -0.39 is 6.10 Å². The molecule has 0 spiro atoms. The third-order valence-electron chi connectivity index (χ3n) is 2.19. The first-order valence-corrected chi connectivity index (χ1v) is 5.07. The van der Waals surface area contributed by atoms with Crippen LogP contribution in [-0.4, -0.2) is 40.6 Å². The fraction of sp³-hybridized carbons (Fsp3) is 0.455. The van der Waals surface area contributed by atoms with Crippen molar-refractivity contribution < 1.29 is 9.90 Å². The zero-order chi connectivity index (χ0) is 12.3. The van der Waals surface area contributed by atoms with Crippen molar-refractivity contribution >= 4 is 11.6 Å². The van der Waals surface area contributed by atoms with E-state index in [2.05, 4.69) is 4.98 Å². The van der Waals surface area contributed by atoms with Crippen LogP contribution >= 0.6 is 0 Å². The number of rotatable bonds is 3. The van der Waals surface area contributed by atoms with Crippen molar-refractivity contribution in [3.63, 3.8) is 0 Å². The van der Waals surface area contributed by atoms with Crippen molar-refractivity contribution in [1.29, 1.82) is 0 Å². The second-order valence-corrected chi connectivity index (χ2v) is 3.95.